The largest absolute Gasteiger partial charge is 0.412 e. The standard InChI is InChI=1S/C8H16O.H2O/c9-7-6-8-4-2-1-3-5-8;/h8-9H,1-7H2;1H2. The summed E-state index contributed by atoms with van der Waals surface area (Å²) in [7, 11) is 0. The maximum absolute atomic E-state index is 8.62. The molecule has 1 saturated carbocycles. The van der Waals surface area contributed by atoms with Gasteiger partial charge in [-0.25, -0.2) is 0 Å². The Morgan fingerprint density at radius 3 is 2.20 bits per heavy atom. The predicted octanol–water partition coefficient (Wildman–Crippen LogP) is 1.12. The Balaban J connectivity index is 0.000000810. The zero-order chi connectivity index (χ0) is 6.53. The highest BCUT2D eigenvalue weighted by atomic mass is 16.3. The van der Waals surface area contributed by atoms with Crippen LogP contribution in [0.5, 0.6) is 0 Å². The number of aliphatic hydroxyl groups excluding tert-OH is 1. The van der Waals surface area contributed by atoms with Gasteiger partial charge in [-0.2, -0.15) is 0 Å². The summed E-state index contributed by atoms with van der Waals surface area (Å²) in [4.78, 5) is 0. The van der Waals surface area contributed by atoms with Gasteiger partial charge in [-0.3, -0.25) is 0 Å². The van der Waals surface area contributed by atoms with Gasteiger partial charge in [-0.15, -0.1) is 0 Å². The molecule has 1 aliphatic carbocycles. The fraction of sp³-hybridized carbons (Fsp3) is 1.00. The van der Waals surface area contributed by atoms with Crippen molar-refractivity contribution in [2.45, 2.75) is 38.5 Å². The Hall–Kier alpha value is -0.0800. The molecule has 10 heavy (non-hydrogen) atoms. The van der Waals surface area contributed by atoms with E-state index in [1.807, 2.05) is 0 Å². The summed E-state index contributed by atoms with van der Waals surface area (Å²) in [5, 5.41) is 8.62. The molecule has 2 heteroatoms. The van der Waals surface area contributed by atoms with E-state index in [-0.39, 0.29) is 5.48 Å². The van der Waals surface area contributed by atoms with Crippen molar-refractivity contribution >= 4 is 0 Å². The predicted molar refractivity (Wildman–Crippen MR) is 41.9 cm³/mol. The molecule has 1 fully saturated rings. The van der Waals surface area contributed by atoms with Crippen molar-refractivity contribution in [3.05, 3.63) is 0 Å². The molecule has 0 aromatic rings. The van der Waals surface area contributed by atoms with Crippen molar-refractivity contribution < 1.29 is 10.6 Å². The molecule has 0 spiro atoms. The Morgan fingerprint density at radius 2 is 1.70 bits per heavy atom. The fourth-order valence-corrected chi connectivity index (χ4v) is 1.66. The maximum Gasteiger partial charge on any atom is 0.0433 e. The maximum atomic E-state index is 8.62. The van der Waals surface area contributed by atoms with Crippen LogP contribution in [-0.2, 0) is 0 Å². The first-order valence-electron chi connectivity index (χ1n) is 4.04. The van der Waals surface area contributed by atoms with Crippen LogP contribution in [0.15, 0.2) is 0 Å². The minimum absolute atomic E-state index is 0. The highest BCUT2D eigenvalue weighted by molar-refractivity contribution is 4.64. The molecule has 62 valence electrons. The minimum atomic E-state index is 0. The molecule has 0 aromatic heterocycles. The molecule has 0 radical (unpaired) electrons. The highest BCUT2D eigenvalue weighted by Crippen LogP contribution is 2.25. The van der Waals surface area contributed by atoms with Crippen LogP contribution in [-0.4, -0.2) is 17.2 Å². The van der Waals surface area contributed by atoms with Crippen molar-refractivity contribution in [1.29, 1.82) is 0 Å². The van der Waals surface area contributed by atoms with Crippen LogP contribution < -0.4 is 0 Å². The van der Waals surface area contributed by atoms with Crippen LogP contribution in [0.25, 0.3) is 0 Å². The van der Waals surface area contributed by atoms with Gasteiger partial charge in [-0.1, -0.05) is 32.1 Å². The molecule has 0 atom stereocenters. The normalized spacial score (nSPS) is 20.1. The topological polar surface area (TPSA) is 51.7 Å². The summed E-state index contributed by atoms with van der Waals surface area (Å²) in [6, 6.07) is 0. The molecule has 0 saturated heterocycles. The Kier molecular flexibility index (Phi) is 5.64. The number of aliphatic hydroxyl groups is 1. The molecular formula is C8H18O2. The van der Waals surface area contributed by atoms with Crippen LogP contribution in [0.1, 0.15) is 38.5 Å². The van der Waals surface area contributed by atoms with Gasteiger partial charge >= 0.3 is 0 Å². The molecule has 0 aromatic carbocycles. The van der Waals surface area contributed by atoms with Gasteiger partial charge in [-0.05, 0) is 12.3 Å². The second kappa shape index (κ2) is 5.69. The lowest BCUT2D eigenvalue weighted by Crippen LogP contribution is -2.07. The van der Waals surface area contributed by atoms with Gasteiger partial charge in [0.15, 0.2) is 0 Å². The molecule has 0 aliphatic heterocycles. The van der Waals surface area contributed by atoms with Crippen molar-refractivity contribution in [3.8, 4) is 0 Å². The Morgan fingerprint density at radius 1 is 1.10 bits per heavy atom. The van der Waals surface area contributed by atoms with E-state index >= 15 is 0 Å². The Bertz CT molecular complexity index is 64.9. The summed E-state index contributed by atoms with van der Waals surface area (Å²) < 4.78 is 0. The van der Waals surface area contributed by atoms with E-state index in [9.17, 15) is 0 Å². The number of hydrogen-bond acceptors (Lipinski definition) is 1. The van der Waals surface area contributed by atoms with Gasteiger partial charge in [0.05, 0.1) is 0 Å². The van der Waals surface area contributed by atoms with Crippen LogP contribution in [0.2, 0.25) is 0 Å². The third-order valence-electron chi connectivity index (χ3n) is 2.26. The fourth-order valence-electron chi connectivity index (χ4n) is 1.66. The van der Waals surface area contributed by atoms with E-state index in [0.29, 0.717) is 6.61 Å². The van der Waals surface area contributed by atoms with Crippen LogP contribution in [0, 0.1) is 5.92 Å². The zero-order valence-electron chi connectivity index (χ0n) is 6.47. The minimum Gasteiger partial charge on any atom is -0.412 e. The first kappa shape index (κ1) is 9.92. The average molecular weight is 146 g/mol. The SMILES string of the molecule is O.OCCC1CCCCC1. The lowest BCUT2D eigenvalue weighted by Gasteiger charge is -2.19. The number of rotatable bonds is 2. The molecule has 3 N–H and O–H groups in total. The van der Waals surface area contributed by atoms with E-state index in [0.717, 1.165) is 12.3 Å². The molecule has 1 aliphatic rings. The second-order valence-corrected chi connectivity index (χ2v) is 3.02. The molecule has 1 rings (SSSR count). The highest BCUT2D eigenvalue weighted by Gasteiger charge is 2.11. The van der Waals surface area contributed by atoms with Gasteiger partial charge in [0.25, 0.3) is 0 Å². The summed E-state index contributed by atoms with van der Waals surface area (Å²) in [6.07, 6.45) is 7.97. The van der Waals surface area contributed by atoms with Gasteiger partial charge < -0.3 is 10.6 Å². The summed E-state index contributed by atoms with van der Waals surface area (Å²) in [5.41, 5.74) is 0. The molecule has 0 heterocycles. The first-order chi connectivity index (χ1) is 4.43. The van der Waals surface area contributed by atoms with Crippen LogP contribution >= 0.6 is 0 Å². The monoisotopic (exact) mass is 146 g/mol. The average Bonchev–Trinajstić information content (AvgIpc) is 1.91. The quantitative estimate of drug-likeness (QED) is 0.623. The van der Waals surface area contributed by atoms with Gasteiger partial charge in [0, 0.05) is 6.61 Å². The summed E-state index contributed by atoms with van der Waals surface area (Å²) in [5.74, 6) is 0.851. The van der Waals surface area contributed by atoms with Crippen LogP contribution in [0.4, 0.5) is 0 Å². The lowest BCUT2D eigenvalue weighted by molar-refractivity contribution is 0.230. The number of hydrogen-bond donors (Lipinski definition) is 1. The lowest BCUT2D eigenvalue weighted by atomic mass is 9.87. The second-order valence-electron chi connectivity index (χ2n) is 3.02. The van der Waals surface area contributed by atoms with E-state index in [1.54, 1.807) is 0 Å². The first-order valence-corrected chi connectivity index (χ1v) is 4.04. The molecule has 0 unspecified atom stereocenters. The van der Waals surface area contributed by atoms with Crippen molar-refractivity contribution in [2.24, 2.45) is 5.92 Å². The third kappa shape index (κ3) is 3.18. The van der Waals surface area contributed by atoms with Crippen molar-refractivity contribution in [1.82, 2.24) is 0 Å². The molecule has 2 nitrogen and oxygen atoms in total. The molecule has 0 amide bonds. The van der Waals surface area contributed by atoms with Crippen LogP contribution in [0.3, 0.4) is 0 Å². The van der Waals surface area contributed by atoms with Gasteiger partial charge in [0.2, 0.25) is 0 Å². The van der Waals surface area contributed by atoms with E-state index in [4.69, 9.17) is 5.11 Å². The van der Waals surface area contributed by atoms with Gasteiger partial charge in [0.1, 0.15) is 0 Å². The van der Waals surface area contributed by atoms with Crippen molar-refractivity contribution in [3.63, 3.8) is 0 Å². The molecular weight excluding hydrogens is 128 g/mol. The van der Waals surface area contributed by atoms with Crippen molar-refractivity contribution in [2.75, 3.05) is 6.61 Å². The smallest absolute Gasteiger partial charge is 0.0433 e. The zero-order valence-corrected chi connectivity index (χ0v) is 6.47. The van der Waals surface area contributed by atoms with E-state index < -0.39 is 0 Å². The summed E-state index contributed by atoms with van der Waals surface area (Å²) in [6.45, 7) is 0.394. The summed E-state index contributed by atoms with van der Waals surface area (Å²) >= 11 is 0. The Labute approximate surface area is 62.6 Å². The van der Waals surface area contributed by atoms with E-state index in [1.165, 1.54) is 32.1 Å². The molecule has 0 bridgehead atoms. The van der Waals surface area contributed by atoms with E-state index in [2.05, 4.69) is 0 Å². The third-order valence-corrected chi connectivity index (χ3v) is 2.26.